The summed E-state index contributed by atoms with van der Waals surface area (Å²) < 4.78 is 15.4. The van der Waals surface area contributed by atoms with Crippen molar-refractivity contribution < 1.29 is 18.8 Å². The Labute approximate surface area is 206 Å². The fraction of sp³-hybridized carbons (Fsp3) is 0.310. The van der Waals surface area contributed by atoms with Gasteiger partial charge < -0.3 is 9.47 Å². The van der Waals surface area contributed by atoms with Crippen LogP contribution in [-0.2, 0) is 24.2 Å². The zero-order chi connectivity index (χ0) is 24.0. The predicted octanol–water partition coefficient (Wildman–Crippen LogP) is 3.74. The first-order valence-electron chi connectivity index (χ1n) is 12.2. The molecule has 2 heterocycles. The van der Waals surface area contributed by atoms with Crippen molar-refractivity contribution in [2.45, 2.75) is 19.5 Å². The van der Waals surface area contributed by atoms with Gasteiger partial charge in [-0.3, -0.25) is 9.69 Å². The molecular formula is C29H32N3O3+. The lowest BCUT2D eigenvalue weighted by molar-refractivity contribution is -0.665. The number of rotatable bonds is 9. The number of methoxy groups -OCH3 is 1. The van der Waals surface area contributed by atoms with E-state index in [-0.39, 0.29) is 5.78 Å². The maximum atomic E-state index is 13.4. The van der Waals surface area contributed by atoms with E-state index in [4.69, 9.17) is 9.47 Å². The Morgan fingerprint density at radius 3 is 2.37 bits per heavy atom. The summed E-state index contributed by atoms with van der Waals surface area (Å²) in [6.45, 7) is 5.62. The lowest BCUT2D eigenvalue weighted by Gasteiger charge is -2.25. The van der Waals surface area contributed by atoms with E-state index >= 15 is 0 Å². The van der Waals surface area contributed by atoms with Crippen LogP contribution < -0.4 is 9.30 Å². The lowest BCUT2D eigenvalue weighted by atomic mass is 10.1. The van der Waals surface area contributed by atoms with Gasteiger partial charge in [-0.1, -0.05) is 42.5 Å². The number of aromatic nitrogens is 2. The van der Waals surface area contributed by atoms with E-state index in [2.05, 4.69) is 62.6 Å². The summed E-state index contributed by atoms with van der Waals surface area (Å²) in [6.07, 6.45) is 0.758. The number of carbonyl (C=O) groups is 1. The molecule has 0 unspecified atom stereocenters. The monoisotopic (exact) mass is 470 g/mol. The fourth-order valence-electron chi connectivity index (χ4n) is 4.82. The summed E-state index contributed by atoms with van der Waals surface area (Å²) in [7, 11) is 1.63. The van der Waals surface area contributed by atoms with Crippen molar-refractivity contribution in [1.29, 1.82) is 0 Å². The van der Waals surface area contributed by atoms with Gasteiger partial charge >= 0.3 is 0 Å². The van der Waals surface area contributed by atoms with Crippen LogP contribution in [0, 0.1) is 0 Å². The Balaban J connectivity index is 1.52. The number of hydrogen-bond acceptors (Lipinski definition) is 4. The molecule has 1 saturated heterocycles. The van der Waals surface area contributed by atoms with E-state index in [0.29, 0.717) is 12.1 Å². The fourth-order valence-corrected chi connectivity index (χ4v) is 4.82. The Hall–Kier alpha value is -3.48. The molecule has 0 radical (unpaired) electrons. The molecule has 4 aromatic rings. The van der Waals surface area contributed by atoms with Crippen LogP contribution in [0.3, 0.4) is 0 Å². The molecule has 5 rings (SSSR count). The largest absolute Gasteiger partial charge is 0.497 e. The molecule has 6 heteroatoms. The maximum Gasteiger partial charge on any atom is 0.262 e. The number of benzene rings is 3. The highest BCUT2D eigenvalue weighted by Crippen LogP contribution is 2.19. The number of fused-ring (bicyclic) bond motifs is 1. The van der Waals surface area contributed by atoms with Crippen LogP contribution in [-0.4, -0.2) is 55.2 Å². The molecule has 3 aromatic carbocycles. The summed E-state index contributed by atoms with van der Waals surface area (Å²) in [5, 5.41) is 0. The average molecular weight is 471 g/mol. The van der Waals surface area contributed by atoms with Gasteiger partial charge in [-0.15, -0.1) is 0 Å². The normalized spacial score (nSPS) is 14.3. The molecule has 1 aliphatic heterocycles. The number of nitrogens with zero attached hydrogens (tertiary/aromatic N) is 3. The highest BCUT2D eigenvalue weighted by Gasteiger charge is 2.27. The highest BCUT2D eigenvalue weighted by molar-refractivity contribution is 5.95. The molecule has 0 bridgehead atoms. The Morgan fingerprint density at radius 1 is 0.914 bits per heavy atom. The summed E-state index contributed by atoms with van der Waals surface area (Å²) >= 11 is 0. The molecule has 35 heavy (non-hydrogen) atoms. The Bertz CT molecular complexity index is 1280. The molecule has 180 valence electrons. The van der Waals surface area contributed by atoms with E-state index in [0.717, 1.165) is 68.4 Å². The first-order chi connectivity index (χ1) is 17.2. The molecule has 1 aliphatic rings. The quantitative estimate of drug-likeness (QED) is 0.276. The number of morpholine rings is 1. The van der Waals surface area contributed by atoms with Gasteiger partial charge in [0.2, 0.25) is 5.78 Å². The molecule has 0 saturated carbocycles. The minimum Gasteiger partial charge on any atom is -0.497 e. The van der Waals surface area contributed by atoms with Crippen LogP contribution >= 0.6 is 0 Å². The summed E-state index contributed by atoms with van der Waals surface area (Å²) in [4.78, 5) is 15.8. The van der Waals surface area contributed by atoms with Crippen molar-refractivity contribution in [2.24, 2.45) is 0 Å². The lowest BCUT2D eigenvalue weighted by Crippen LogP contribution is -2.42. The summed E-state index contributed by atoms with van der Waals surface area (Å²) in [5.41, 5.74) is 4.17. The van der Waals surface area contributed by atoms with Gasteiger partial charge in [0.25, 0.3) is 5.82 Å². The van der Waals surface area contributed by atoms with Crippen LogP contribution in [0.25, 0.3) is 11.0 Å². The summed E-state index contributed by atoms with van der Waals surface area (Å²) in [6, 6.07) is 26.3. The number of hydrogen-bond donors (Lipinski definition) is 0. The molecule has 0 N–H and O–H groups in total. The van der Waals surface area contributed by atoms with Crippen LogP contribution in [0.15, 0.2) is 78.9 Å². The van der Waals surface area contributed by atoms with Crippen molar-refractivity contribution in [1.82, 2.24) is 9.47 Å². The molecule has 0 spiro atoms. The molecule has 0 amide bonds. The number of ether oxygens (including phenoxy) is 2. The highest BCUT2D eigenvalue weighted by atomic mass is 16.5. The zero-order valence-corrected chi connectivity index (χ0v) is 20.2. The number of para-hydroxylation sites is 2. The number of Topliss-reactive ketones (excluding diaryl/α,β-unsaturated/α-hetero) is 1. The minimum atomic E-state index is 0.0862. The summed E-state index contributed by atoms with van der Waals surface area (Å²) in [5.74, 6) is 1.98. The van der Waals surface area contributed by atoms with Crippen molar-refractivity contribution in [3.63, 3.8) is 0 Å². The number of ketones is 1. The Morgan fingerprint density at radius 2 is 1.63 bits per heavy atom. The maximum absolute atomic E-state index is 13.4. The SMILES string of the molecule is COc1ccc(C(=O)C[n+]2c(Cc3ccccc3)n(CCN3CCOCC3)c3ccccc32)cc1. The topological polar surface area (TPSA) is 47.6 Å². The van der Waals surface area contributed by atoms with Crippen LogP contribution in [0.2, 0.25) is 0 Å². The molecule has 0 atom stereocenters. The van der Waals surface area contributed by atoms with Gasteiger partial charge in [-0.05, 0) is 42.0 Å². The predicted molar refractivity (Wildman–Crippen MR) is 136 cm³/mol. The molecule has 1 aromatic heterocycles. The Kier molecular flexibility index (Phi) is 7.21. The van der Waals surface area contributed by atoms with Gasteiger partial charge in [-0.2, -0.15) is 0 Å². The first kappa shape index (κ1) is 23.3. The van der Waals surface area contributed by atoms with Crippen LogP contribution in [0.5, 0.6) is 5.75 Å². The minimum absolute atomic E-state index is 0.0862. The second-order valence-electron chi connectivity index (χ2n) is 8.91. The van der Waals surface area contributed by atoms with Gasteiger partial charge in [0, 0.05) is 25.2 Å². The standard InChI is InChI=1S/C29H32N3O3/c1-34-25-13-11-24(12-14-25)28(33)22-32-27-10-6-5-9-26(27)31(16-15-30-17-19-35-20-18-30)29(32)21-23-7-3-2-4-8-23/h2-14H,15-22H2,1H3/q+1. The first-order valence-corrected chi connectivity index (χ1v) is 12.2. The van der Waals surface area contributed by atoms with E-state index < -0.39 is 0 Å². The van der Waals surface area contributed by atoms with Crippen molar-refractivity contribution in [3.8, 4) is 5.75 Å². The zero-order valence-electron chi connectivity index (χ0n) is 20.2. The van der Waals surface area contributed by atoms with Crippen molar-refractivity contribution in [2.75, 3.05) is 40.0 Å². The third-order valence-corrected chi connectivity index (χ3v) is 6.75. The second kappa shape index (κ2) is 10.8. The third kappa shape index (κ3) is 5.29. The smallest absolute Gasteiger partial charge is 0.262 e. The van der Waals surface area contributed by atoms with E-state index in [1.54, 1.807) is 7.11 Å². The molecule has 1 fully saturated rings. The number of imidazole rings is 1. The second-order valence-corrected chi connectivity index (χ2v) is 8.91. The van der Waals surface area contributed by atoms with Gasteiger partial charge in [0.1, 0.15) is 12.3 Å². The van der Waals surface area contributed by atoms with Gasteiger partial charge in [0.05, 0.1) is 26.7 Å². The third-order valence-electron chi connectivity index (χ3n) is 6.75. The van der Waals surface area contributed by atoms with E-state index in [9.17, 15) is 4.79 Å². The van der Waals surface area contributed by atoms with Gasteiger partial charge in [0.15, 0.2) is 17.6 Å². The van der Waals surface area contributed by atoms with Crippen LogP contribution in [0.4, 0.5) is 0 Å². The molecule has 0 aliphatic carbocycles. The average Bonchev–Trinajstić information content (AvgIpc) is 3.20. The molecule has 6 nitrogen and oxygen atoms in total. The van der Waals surface area contributed by atoms with E-state index in [1.807, 2.05) is 30.3 Å². The van der Waals surface area contributed by atoms with Crippen LogP contribution in [0.1, 0.15) is 21.7 Å². The molecular weight excluding hydrogens is 438 g/mol. The number of carbonyl (C=O) groups excluding carboxylic acids is 1. The van der Waals surface area contributed by atoms with Crippen molar-refractivity contribution >= 4 is 16.8 Å². The van der Waals surface area contributed by atoms with Gasteiger partial charge in [-0.25, -0.2) is 9.13 Å². The van der Waals surface area contributed by atoms with Crippen molar-refractivity contribution in [3.05, 3.63) is 95.8 Å². The van der Waals surface area contributed by atoms with E-state index in [1.165, 1.54) is 5.56 Å².